The number of nitrogens with zero attached hydrogens (tertiary/aromatic N) is 1. The van der Waals surface area contributed by atoms with Crippen molar-refractivity contribution in [2.75, 3.05) is 0 Å². The monoisotopic (exact) mass is 181 g/mol. The minimum absolute atomic E-state index is 0. The summed E-state index contributed by atoms with van der Waals surface area (Å²) < 4.78 is 0. The van der Waals surface area contributed by atoms with Crippen molar-refractivity contribution in [1.82, 2.24) is 0 Å². The molecule has 1 rings (SSSR count). The van der Waals surface area contributed by atoms with Crippen LogP contribution < -0.4 is 0 Å². The quantitative estimate of drug-likeness (QED) is 0.484. The average Bonchev–Trinajstić information content (AvgIpc) is 2.43. The maximum absolute atomic E-state index is 7.25. The third-order valence-electron chi connectivity index (χ3n) is 1.14. The molecule has 0 amide bonds. The number of rotatable bonds is 1. The molecule has 58 valence electrons. The van der Waals surface area contributed by atoms with E-state index in [2.05, 4.69) is 31.2 Å². The predicted molar refractivity (Wildman–Crippen MR) is 38.1 cm³/mol. The van der Waals surface area contributed by atoms with E-state index in [4.69, 9.17) is 10.5 Å². The van der Waals surface area contributed by atoms with Crippen molar-refractivity contribution in [3.8, 4) is 0 Å². The zero-order chi connectivity index (χ0) is 7.11. The van der Waals surface area contributed by atoms with E-state index in [-0.39, 0.29) is 16.5 Å². The fourth-order valence-corrected chi connectivity index (χ4v) is 0.650. The summed E-state index contributed by atoms with van der Waals surface area (Å²) in [4.78, 5) is 7.25. The van der Waals surface area contributed by atoms with Crippen molar-refractivity contribution >= 4 is 0 Å². The summed E-state index contributed by atoms with van der Waals surface area (Å²) in [7, 11) is 0. The minimum Gasteiger partial charge on any atom is -0.577 e. The summed E-state index contributed by atoms with van der Waals surface area (Å²) in [5.74, 6) is 0. The first-order chi connectivity index (χ1) is 4.43. The maximum Gasteiger partial charge on any atom is 2.00 e. The van der Waals surface area contributed by atoms with Crippen molar-refractivity contribution in [3.63, 3.8) is 0 Å². The van der Waals surface area contributed by atoms with Crippen LogP contribution in [-0.2, 0) is 22.9 Å². The molecule has 0 aliphatic heterocycles. The van der Waals surface area contributed by atoms with Gasteiger partial charge in [-0.3, -0.25) is 0 Å². The molecular formula is C7H9NNiO. The molecule has 0 spiro atoms. The fourth-order valence-electron chi connectivity index (χ4n) is 0.650. The largest absolute Gasteiger partial charge is 2.00 e. The maximum atomic E-state index is 7.25. The van der Waals surface area contributed by atoms with Gasteiger partial charge in [-0.1, -0.05) is 13.3 Å². The third-order valence-corrected chi connectivity index (χ3v) is 1.14. The first-order valence-electron chi connectivity index (χ1n) is 2.82. The average molecular weight is 182 g/mol. The van der Waals surface area contributed by atoms with Gasteiger partial charge in [0.25, 0.3) is 0 Å². The summed E-state index contributed by atoms with van der Waals surface area (Å²) in [6.07, 6.45) is 1.16. The zero-order valence-electron chi connectivity index (χ0n) is 5.69. The summed E-state index contributed by atoms with van der Waals surface area (Å²) in [6, 6.07) is 8.41. The van der Waals surface area contributed by atoms with Gasteiger partial charge in [-0.2, -0.15) is 17.7 Å². The van der Waals surface area contributed by atoms with Gasteiger partial charge in [0, 0.05) is 0 Å². The molecule has 0 N–H and O–H groups in total. The van der Waals surface area contributed by atoms with Gasteiger partial charge in [0.1, 0.15) is 0 Å². The van der Waals surface area contributed by atoms with Crippen LogP contribution >= 0.6 is 0 Å². The number of aryl methyl sites for hydroxylation is 1. The van der Waals surface area contributed by atoms with Crippen LogP contribution in [0.1, 0.15) is 12.5 Å². The zero-order valence-corrected chi connectivity index (χ0v) is 6.68. The minimum atomic E-state index is 0. The van der Waals surface area contributed by atoms with E-state index in [0.29, 0.717) is 0 Å². The van der Waals surface area contributed by atoms with Crippen LogP contribution in [0.5, 0.6) is 0 Å². The molecular weight excluding hydrogens is 173 g/mol. The van der Waals surface area contributed by atoms with Gasteiger partial charge < -0.3 is 10.5 Å². The van der Waals surface area contributed by atoms with Gasteiger partial charge in [0.05, 0.1) is 0 Å². The van der Waals surface area contributed by atoms with Gasteiger partial charge in [0.2, 0.25) is 0 Å². The number of hydrogen-bond acceptors (Lipinski definition) is 1. The van der Waals surface area contributed by atoms with E-state index in [9.17, 15) is 0 Å². The van der Waals surface area contributed by atoms with Crippen LogP contribution in [0.2, 0.25) is 0 Å². The Morgan fingerprint density at radius 3 is 1.90 bits per heavy atom. The van der Waals surface area contributed by atoms with E-state index in [1.54, 1.807) is 0 Å². The van der Waals surface area contributed by atoms with Crippen LogP contribution in [0.15, 0.2) is 24.3 Å². The number of hydrogen-bond donors (Lipinski definition) is 0. The molecule has 10 heavy (non-hydrogen) atoms. The molecule has 1 aromatic rings. The molecule has 0 heterocycles. The van der Waals surface area contributed by atoms with Crippen LogP contribution in [0, 0.1) is 4.91 Å². The molecule has 0 saturated carbocycles. The molecule has 1 aromatic carbocycles. The number of nitroso groups, excluding NO2 is 1. The van der Waals surface area contributed by atoms with Crippen LogP contribution in [0.25, 0.3) is 5.59 Å². The Morgan fingerprint density at radius 2 is 1.70 bits per heavy atom. The summed E-state index contributed by atoms with van der Waals surface area (Å²) in [5.41, 5.74) is 7.18. The molecule has 0 saturated heterocycles. The summed E-state index contributed by atoms with van der Waals surface area (Å²) in [6.45, 7) is 2.16. The van der Waals surface area contributed by atoms with E-state index < -0.39 is 0 Å². The topological polar surface area (TPSA) is 39.4 Å². The van der Waals surface area contributed by atoms with Crippen molar-refractivity contribution in [3.05, 3.63) is 40.3 Å². The van der Waals surface area contributed by atoms with Gasteiger partial charge in [-0.15, -0.1) is 0 Å². The second-order valence-corrected chi connectivity index (χ2v) is 1.65. The Hall–Kier alpha value is -0.556. The Morgan fingerprint density at radius 1 is 1.30 bits per heavy atom. The molecule has 3 heteroatoms. The Kier molecular flexibility index (Phi) is 10.3. The summed E-state index contributed by atoms with van der Waals surface area (Å²) in [5, 5.41) is 0. The second-order valence-electron chi connectivity index (χ2n) is 1.65. The third kappa shape index (κ3) is 4.33. The predicted octanol–water partition coefficient (Wildman–Crippen LogP) is 2.29. The van der Waals surface area contributed by atoms with Gasteiger partial charge in [-0.05, 0) is 0 Å². The van der Waals surface area contributed by atoms with Gasteiger partial charge in [0.15, 0.2) is 0 Å². The second kappa shape index (κ2) is 8.44. The molecule has 0 aliphatic rings. The van der Waals surface area contributed by atoms with Crippen LogP contribution in [0.4, 0.5) is 0 Å². The molecule has 0 bridgehead atoms. The van der Waals surface area contributed by atoms with Crippen molar-refractivity contribution in [2.24, 2.45) is 0 Å². The first kappa shape index (κ1) is 12.2. The van der Waals surface area contributed by atoms with Crippen LogP contribution in [-0.4, -0.2) is 0 Å². The Labute approximate surface area is 70.7 Å². The van der Waals surface area contributed by atoms with E-state index >= 15 is 0 Å². The normalized spacial score (nSPS) is 6.90. The molecule has 0 unspecified atom stereocenters. The summed E-state index contributed by atoms with van der Waals surface area (Å²) >= 11 is 0. The van der Waals surface area contributed by atoms with Gasteiger partial charge in [-0.25, -0.2) is 12.1 Å². The molecule has 0 atom stereocenters. The van der Waals surface area contributed by atoms with E-state index in [0.717, 1.165) is 6.42 Å². The fraction of sp³-hybridized carbons (Fsp3) is 0.286. The Bertz CT molecular complexity index is 139. The van der Waals surface area contributed by atoms with Crippen LogP contribution in [0.3, 0.4) is 0 Å². The smallest absolute Gasteiger partial charge is 0.577 e. The SMILES string of the molecule is CC[c-]1cccc1.[N-]=O.[Ni+2]. The molecule has 0 fully saturated rings. The first-order valence-corrected chi connectivity index (χ1v) is 2.82. The molecule has 0 aromatic heterocycles. The van der Waals surface area contributed by atoms with Crippen molar-refractivity contribution in [2.45, 2.75) is 13.3 Å². The van der Waals surface area contributed by atoms with E-state index in [1.807, 2.05) is 0 Å². The molecule has 2 nitrogen and oxygen atoms in total. The molecule has 0 aliphatic carbocycles. The van der Waals surface area contributed by atoms with Gasteiger partial charge >= 0.3 is 16.5 Å². The van der Waals surface area contributed by atoms with E-state index in [1.165, 1.54) is 5.56 Å². The molecule has 0 radical (unpaired) electrons. The van der Waals surface area contributed by atoms with Crippen molar-refractivity contribution in [1.29, 1.82) is 0 Å². The Balaban J connectivity index is 0. The standard InChI is InChI=1S/C7H9.NO.Ni/c1-2-7-5-3-4-6-7;1-2;/h3-6H,2H2,1H3;;/q2*-1;+2. The van der Waals surface area contributed by atoms with Crippen molar-refractivity contribution < 1.29 is 16.5 Å².